The highest BCUT2D eigenvalue weighted by Crippen LogP contribution is 2.33. The second-order valence-electron chi connectivity index (χ2n) is 5.39. The normalized spacial score (nSPS) is 10.5. The molecular formula is C18H20ClNO3S. The van der Waals surface area contributed by atoms with Crippen LogP contribution in [0.1, 0.15) is 39.7 Å². The molecule has 0 aliphatic carbocycles. The smallest absolute Gasteiger partial charge is 0.341 e. The van der Waals surface area contributed by atoms with Gasteiger partial charge in [-0.1, -0.05) is 23.7 Å². The summed E-state index contributed by atoms with van der Waals surface area (Å²) in [7, 11) is 0. The van der Waals surface area contributed by atoms with E-state index in [9.17, 15) is 9.59 Å². The van der Waals surface area contributed by atoms with Crippen LogP contribution in [0.5, 0.6) is 0 Å². The average Bonchev–Trinajstić information content (AvgIpc) is 2.80. The van der Waals surface area contributed by atoms with Gasteiger partial charge in [0.2, 0.25) is 5.91 Å². The van der Waals surface area contributed by atoms with Gasteiger partial charge in [-0.25, -0.2) is 4.79 Å². The molecular weight excluding hydrogens is 346 g/mol. The molecule has 2 aromatic rings. The van der Waals surface area contributed by atoms with Crippen molar-refractivity contribution in [1.29, 1.82) is 0 Å². The number of carbonyl (C=O) groups is 2. The number of aryl methyl sites for hydroxylation is 2. The van der Waals surface area contributed by atoms with Gasteiger partial charge in [-0.15, -0.1) is 11.3 Å². The Morgan fingerprint density at radius 2 is 2.04 bits per heavy atom. The van der Waals surface area contributed by atoms with Gasteiger partial charge < -0.3 is 10.1 Å². The summed E-state index contributed by atoms with van der Waals surface area (Å²) in [5.41, 5.74) is 2.31. The quantitative estimate of drug-likeness (QED) is 0.750. The number of anilines is 1. The van der Waals surface area contributed by atoms with Crippen molar-refractivity contribution >= 4 is 39.8 Å². The van der Waals surface area contributed by atoms with Crippen molar-refractivity contribution < 1.29 is 14.3 Å². The van der Waals surface area contributed by atoms with Crippen LogP contribution in [0.3, 0.4) is 0 Å². The number of amides is 1. The highest BCUT2D eigenvalue weighted by molar-refractivity contribution is 7.16. The molecule has 0 aliphatic heterocycles. The fourth-order valence-corrected chi connectivity index (χ4v) is 3.58. The third-order valence-corrected chi connectivity index (χ3v) is 5.01. The summed E-state index contributed by atoms with van der Waals surface area (Å²) in [6.45, 7) is 5.84. The van der Waals surface area contributed by atoms with E-state index in [1.165, 1.54) is 11.3 Å². The lowest BCUT2D eigenvalue weighted by molar-refractivity contribution is -0.116. The molecule has 1 aromatic heterocycles. The minimum Gasteiger partial charge on any atom is -0.462 e. The third kappa shape index (κ3) is 4.58. The first-order valence-electron chi connectivity index (χ1n) is 7.73. The topological polar surface area (TPSA) is 55.4 Å². The van der Waals surface area contributed by atoms with Crippen LogP contribution in [0.25, 0.3) is 0 Å². The first-order valence-corrected chi connectivity index (χ1v) is 8.93. The molecule has 0 saturated heterocycles. The second-order valence-corrected chi connectivity index (χ2v) is 7.05. The van der Waals surface area contributed by atoms with Crippen molar-refractivity contribution in [2.45, 2.75) is 33.6 Å². The number of hydrogen-bond acceptors (Lipinski definition) is 4. The summed E-state index contributed by atoms with van der Waals surface area (Å²) in [6.07, 6.45) is 0.906. The van der Waals surface area contributed by atoms with E-state index in [2.05, 4.69) is 5.32 Å². The molecule has 0 spiro atoms. The monoisotopic (exact) mass is 365 g/mol. The summed E-state index contributed by atoms with van der Waals surface area (Å²) in [4.78, 5) is 25.3. The minimum atomic E-state index is -0.399. The van der Waals surface area contributed by atoms with E-state index in [4.69, 9.17) is 16.3 Å². The zero-order valence-electron chi connectivity index (χ0n) is 13.9. The molecule has 2 rings (SSSR count). The van der Waals surface area contributed by atoms with Gasteiger partial charge in [0.25, 0.3) is 0 Å². The van der Waals surface area contributed by atoms with E-state index < -0.39 is 5.97 Å². The summed E-state index contributed by atoms with van der Waals surface area (Å²) in [6, 6.07) is 7.44. The maximum Gasteiger partial charge on any atom is 0.341 e. The Labute approximate surface area is 150 Å². The lowest BCUT2D eigenvalue weighted by atomic mass is 10.1. The van der Waals surface area contributed by atoms with E-state index in [1.807, 2.05) is 32.0 Å². The van der Waals surface area contributed by atoms with Crippen molar-refractivity contribution in [3.63, 3.8) is 0 Å². The molecule has 0 fully saturated rings. The standard InChI is InChI=1S/C18H20ClNO3S/c1-4-23-18(22)16-11(2)12(3)24-17(16)20-15(21)9-8-13-6-5-7-14(19)10-13/h5-7,10H,4,8-9H2,1-3H3,(H,20,21). The second kappa shape index (κ2) is 8.31. The number of nitrogens with one attached hydrogen (secondary N) is 1. The van der Waals surface area contributed by atoms with Gasteiger partial charge in [-0.05, 0) is 50.5 Å². The predicted octanol–water partition coefficient (Wildman–Crippen LogP) is 4.77. The SMILES string of the molecule is CCOC(=O)c1c(NC(=O)CCc2cccc(Cl)c2)sc(C)c1C. The molecule has 1 N–H and O–H groups in total. The molecule has 6 heteroatoms. The van der Waals surface area contributed by atoms with E-state index in [-0.39, 0.29) is 5.91 Å². The predicted molar refractivity (Wildman–Crippen MR) is 98.2 cm³/mol. The van der Waals surface area contributed by atoms with E-state index in [1.54, 1.807) is 13.0 Å². The molecule has 0 saturated carbocycles. The lowest BCUT2D eigenvalue weighted by Crippen LogP contribution is -2.15. The number of thiophene rings is 1. The maximum absolute atomic E-state index is 12.2. The van der Waals surface area contributed by atoms with Crippen LogP contribution in [0.2, 0.25) is 5.02 Å². The maximum atomic E-state index is 12.2. The molecule has 4 nitrogen and oxygen atoms in total. The Kier molecular flexibility index (Phi) is 6.40. The number of halogens is 1. The van der Waals surface area contributed by atoms with Crippen LogP contribution >= 0.6 is 22.9 Å². The Morgan fingerprint density at radius 1 is 1.29 bits per heavy atom. The average molecular weight is 366 g/mol. The van der Waals surface area contributed by atoms with Crippen molar-refractivity contribution in [1.82, 2.24) is 0 Å². The number of ether oxygens (including phenoxy) is 1. The summed E-state index contributed by atoms with van der Waals surface area (Å²) in [5, 5.41) is 4.05. The number of rotatable bonds is 6. The van der Waals surface area contributed by atoms with Crippen LogP contribution in [-0.4, -0.2) is 18.5 Å². The van der Waals surface area contributed by atoms with Gasteiger partial charge in [0, 0.05) is 16.3 Å². The zero-order valence-corrected chi connectivity index (χ0v) is 15.5. The summed E-state index contributed by atoms with van der Waals surface area (Å²) < 4.78 is 5.09. The Hall–Kier alpha value is -1.85. The van der Waals surface area contributed by atoms with Crippen molar-refractivity contribution in [2.24, 2.45) is 0 Å². The summed E-state index contributed by atoms with van der Waals surface area (Å²) >= 11 is 7.34. The number of hydrogen-bond donors (Lipinski definition) is 1. The number of carbonyl (C=O) groups excluding carboxylic acids is 2. The summed E-state index contributed by atoms with van der Waals surface area (Å²) in [5.74, 6) is -0.536. The van der Waals surface area contributed by atoms with Crippen molar-refractivity contribution in [2.75, 3.05) is 11.9 Å². The molecule has 128 valence electrons. The third-order valence-electron chi connectivity index (χ3n) is 3.65. The molecule has 1 aromatic carbocycles. The molecule has 0 unspecified atom stereocenters. The fraction of sp³-hybridized carbons (Fsp3) is 0.333. The van der Waals surface area contributed by atoms with Gasteiger partial charge >= 0.3 is 5.97 Å². The van der Waals surface area contributed by atoms with E-state index in [0.29, 0.717) is 35.0 Å². The van der Waals surface area contributed by atoms with Crippen LogP contribution in [-0.2, 0) is 16.0 Å². The number of benzene rings is 1. The van der Waals surface area contributed by atoms with Crippen LogP contribution in [0.15, 0.2) is 24.3 Å². The van der Waals surface area contributed by atoms with Crippen LogP contribution in [0, 0.1) is 13.8 Å². The van der Waals surface area contributed by atoms with Gasteiger partial charge in [0.05, 0.1) is 12.2 Å². The Balaban J connectivity index is 2.06. The molecule has 0 bridgehead atoms. The largest absolute Gasteiger partial charge is 0.462 e. The minimum absolute atomic E-state index is 0.137. The molecule has 1 heterocycles. The van der Waals surface area contributed by atoms with Gasteiger partial charge in [-0.3, -0.25) is 4.79 Å². The number of esters is 1. The molecule has 0 radical (unpaired) electrons. The molecule has 0 aliphatic rings. The van der Waals surface area contributed by atoms with Crippen molar-refractivity contribution in [3.8, 4) is 0 Å². The lowest BCUT2D eigenvalue weighted by Gasteiger charge is -2.07. The first kappa shape index (κ1) is 18.5. The van der Waals surface area contributed by atoms with Crippen molar-refractivity contribution in [3.05, 3.63) is 50.9 Å². The first-order chi connectivity index (χ1) is 11.4. The van der Waals surface area contributed by atoms with E-state index >= 15 is 0 Å². The highest BCUT2D eigenvalue weighted by atomic mass is 35.5. The van der Waals surface area contributed by atoms with Gasteiger partial charge in [0.15, 0.2) is 0 Å². The fourth-order valence-electron chi connectivity index (χ4n) is 2.30. The molecule has 24 heavy (non-hydrogen) atoms. The van der Waals surface area contributed by atoms with Gasteiger partial charge in [0.1, 0.15) is 5.00 Å². The van der Waals surface area contributed by atoms with Gasteiger partial charge in [-0.2, -0.15) is 0 Å². The Morgan fingerprint density at radius 3 is 2.71 bits per heavy atom. The van der Waals surface area contributed by atoms with Crippen LogP contribution in [0.4, 0.5) is 5.00 Å². The molecule has 0 atom stereocenters. The molecule has 1 amide bonds. The zero-order chi connectivity index (χ0) is 17.7. The van der Waals surface area contributed by atoms with E-state index in [0.717, 1.165) is 16.0 Å². The Bertz CT molecular complexity index is 755. The highest BCUT2D eigenvalue weighted by Gasteiger charge is 2.21. The van der Waals surface area contributed by atoms with Crippen LogP contribution < -0.4 is 5.32 Å².